The number of carbonyl (C=O) groups excluding carboxylic acids is 2. The van der Waals surface area contributed by atoms with Crippen LogP contribution >= 0.6 is 0 Å². The number of benzene rings is 2. The van der Waals surface area contributed by atoms with Gasteiger partial charge in [-0.15, -0.1) is 4.40 Å². The van der Waals surface area contributed by atoms with E-state index < -0.39 is 27.6 Å². The van der Waals surface area contributed by atoms with Crippen molar-refractivity contribution < 1.29 is 18.0 Å². The summed E-state index contributed by atoms with van der Waals surface area (Å²) in [6.07, 6.45) is 0.752. The maximum absolute atomic E-state index is 13.3. The van der Waals surface area contributed by atoms with E-state index in [2.05, 4.69) is 23.6 Å². The van der Waals surface area contributed by atoms with E-state index in [1.54, 1.807) is 47.4 Å². The standard InChI is InChI=1S/C21H21N3O4S/c1-13(2)11-12-24-16-9-5-3-7-14(16)19(25)18(21(24)26)20-22-15-8-4-6-10-17(15)29(27,28)23-20/h3-10,13,18H,11-12H2,1-2H3,(H,22,23). The van der Waals surface area contributed by atoms with Crippen molar-refractivity contribution in [1.29, 1.82) is 0 Å². The molecule has 1 unspecified atom stereocenters. The Morgan fingerprint density at radius 1 is 1.07 bits per heavy atom. The number of hydrogen-bond donors (Lipinski definition) is 1. The number of rotatable bonds is 4. The SMILES string of the molecule is CC(C)CCN1C(=O)C(C2=NS(=O)(=O)c3ccccc3N2)C(=O)c2ccccc21. The Morgan fingerprint density at radius 3 is 2.52 bits per heavy atom. The van der Waals surface area contributed by atoms with Gasteiger partial charge in [0, 0.05) is 12.1 Å². The fraction of sp³-hybridized carbons (Fsp3) is 0.286. The first kappa shape index (κ1) is 19.3. The molecule has 0 aromatic heterocycles. The third-order valence-corrected chi connectivity index (χ3v) is 6.43. The van der Waals surface area contributed by atoms with Gasteiger partial charge in [-0.3, -0.25) is 9.59 Å². The second-order valence-electron chi connectivity index (χ2n) is 7.56. The predicted molar refractivity (Wildman–Crippen MR) is 111 cm³/mol. The van der Waals surface area contributed by atoms with Crippen molar-refractivity contribution in [3.8, 4) is 0 Å². The van der Waals surface area contributed by atoms with Crippen LogP contribution in [0.5, 0.6) is 0 Å². The molecule has 29 heavy (non-hydrogen) atoms. The van der Waals surface area contributed by atoms with Crippen LogP contribution < -0.4 is 10.2 Å². The molecule has 7 nitrogen and oxygen atoms in total. The van der Waals surface area contributed by atoms with Gasteiger partial charge in [0.25, 0.3) is 10.0 Å². The Balaban J connectivity index is 1.80. The lowest BCUT2D eigenvalue weighted by Crippen LogP contribution is -2.50. The van der Waals surface area contributed by atoms with Gasteiger partial charge >= 0.3 is 0 Å². The monoisotopic (exact) mass is 411 g/mol. The van der Waals surface area contributed by atoms with Gasteiger partial charge in [0.05, 0.1) is 11.4 Å². The molecule has 0 saturated carbocycles. The molecule has 2 aliphatic rings. The summed E-state index contributed by atoms with van der Waals surface area (Å²) < 4.78 is 29.0. The number of amidine groups is 1. The van der Waals surface area contributed by atoms with E-state index >= 15 is 0 Å². The van der Waals surface area contributed by atoms with Crippen molar-refractivity contribution in [2.45, 2.75) is 25.2 Å². The van der Waals surface area contributed by atoms with Gasteiger partial charge in [-0.1, -0.05) is 38.1 Å². The van der Waals surface area contributed by atoms with Crippen LogP contribution in [0, 0.1) is 11.8 Å². The highest BCUT2D eigenvalue weighted by Gasteiger charge is 2.44. The number of ketones is 1. The summed E-state index contributed by atoms with van der Waals surface area (Å²) in [5, 5.41) is 2.90. The van der Waals surface area contributed by atoms with Crippen molar-refractivity contribution in [1.82, 2.24) is 0 Å². The molecule has 2 aromatic carbocycles. The third-order valence-electron chi connectivity index (χ3n) is 5.09. The van der Waals surface area contributed by atoms with Crippen molar-refractivity contribution in [3.63, 3.8) is 0 Å². The van der Waals surface area contributed by atoms with Crippen LogP contribution in [0.25, 0.3) is 0 Å². The number of para-hydroxylation sites is 2. The lowest BCUT2D eigenvalue weighted by atomic mass is 9.88. The molecule has 2 aliphatic heterocycles. The normalized spacial score (nSPS) is 20.0. The van der Waals surface area contributed by atoms with E-state index in [9.17, 15) is 18.0 Å². The molecule has 0 bridgehead atoms. The smallest absolute Gasteiger partial charge is 0.286 e. The number of nitrogens with one attached hydrogen (secondary N) is 1. The number of fused-ring (bicyclic) bond motifs is 2. The highest BCUT2D eigenvalue weighted by molar-refractivity contribution is 7.90. The van der Waals surface area contributed by atoms with Gasteiger partial charge in [-0.2, -0.15) is 8.42 Å². The Hall–Kier alpha value is -3.00. The maximum atomic E-state index is 13.3. The van der Waals surface area contributed by atoms with Gasteiger partial charge < -0.3 is 10.2 Å². The van der Waals surface area contributed by atoms with Crippen LogP contribution in [-0.4, -0.2) is 32.5 Å². The van der Waals surface area contributed by atoms with E-state index in [-0.39, 0.29) is 10.7 Å². The van der Waals surface area contributed by atoms with E-state index in [0.717, 1.165) is 6.42 Å². The van der Waals surface area contributed by atoms with Crippen molar-refractivity contribution in [3.05, 3.63) is 54.1 Å². The topological polar surface area (TPSA) is 95.9 Å². The first-order valence-corrected chi connectivity index (χ1v) is 10.9. The van der Waals surface area contributed by atoms with Crippen molar-refractivity contribution in [2.24, 2.45) is 16.2 Å². The number of Topliss-reactive ketones (excluding diaryl/α,β-unsaturated/α-hetero) is 1. The Morgan fingerprint density at radius 2 is 1.76 bits per heavy atom. The second kappa shape index (κ2) is 7.11. The Kier molecular flexibility index (Phi) is 4.74. The fourth-order valence-corrected chi connectivity index (χ4v) is 4.73. The number of nitrogens with zero attached hydrogens (tertiary/aromatic N) is 2. The molecule has 2 aromatic rings. The molecular weight excluding hydrogens is 390 g/mol. The molecule has 0 fully saturated rings. The molecule has 0 saturated heterocycles. The first-order valence-electron chi connectivity index (χ1n) is 9.45. The maximum Gasteiger partial charge on any atom is 0.286 e. The average Bonchev–Trinajstić information content (AvgIpc) is 2.67. The largest absolute Gasteiger partial charge is 0.341 e. The average molecular weight is 411 g/mol. The molecule has 1 N–H and O–H groups in total. The van der Waals surface area contributed by atoms with Gasteiger partial charge in [-0.05, 0) is 36.6 Å². The van der Waals surface area contributed by atoms with E-state index in [0.29, 0.717) is 29.4 Å². The van der Waals surface area contributed by atoms with Gasteiger partial charge in [0.1, 0.15) is 10.7 Å². The lowest BCUT2D eigenvalue weighted by molar-refractivity contribution is -0.119. The second-order valence-corrected chi connectivity index (χ2v) is 9.13. The molecule has 1 amide bonds. The molecular formula is C21H21N3O4S. The summed E-state index contributed by atoms with van der Waals surface area (Å²) in [6.45, 7) is 4.55. The Bertz CT molecular complexity index is 1140. The first-order chi connectivity index (χ1) is 13.8. The van der Waals surface area contributed by atoms with Gasteiger partial charge in [0.15, 0.2) is 11.7 Å². The molecule has 8 heteroatoms. The molecule has 0 aliphatic carbocycles. The summed E-state index contributed by atoms with van der Waals surface area (Å²) in [6, 6.07) is 13.2. The van der Waals surface area contributed by atoms with Gasteiger partial charge in [-0.25, -0.2) is 0 Å². The minimum Gasteiger partial charge on any atom is -0.341 e. The van der Waals surface area contributed by atoms with Crippen molar-refractivity contribution >= 4 is 38.9 Å². The van der Waals surface area contributed by atoms with Crippen LogP contribution in [0.3, 0.4) is 0 Å². The molecule has 1 atom stereocenters. The van der Waals surface area contributed by atoms with Crippen LogP contribution in [0.2, 0.25) is 0 Å². The number of anilines is 2. The van der Waals surface area contributed by atoms with Crippen LogP contribution in [-0.2, 0) is 14.8 Å². The number of amides is 1. The quantitative estimate of drug-likeness (QED) is 0.780. The molecule has 2 heterocycles. The number of carbonyl (C=O) groups is 2. The zero-order valence-electron chi connectivity index (χ0n) is 16.1. The zero-order chi connectivity index (χ0) is 20.8. The zero-order valence-corrected chi connectivity index (χ0v) is 16.9. The van der Waals surface area contributed by atoms with Crippen molar-refractivity contribution in [2.75, 3.05) is 16.8 Å². The third kappa shape index (κ3) is 3.33. The van der Waals surface area contributed by atoms with Crippen LogP contribution in [0.1, 0.15) is 30.6 Å². The number of hydrogen-bond acceptors (Lipinski definition) is 5. The Labute approximate surface area is 169 Å². The van der Waals surface area contributed by atoms with E-state index in [1.807, 2.05) is 0 Å². The molecule has 0 radical (unpaired) electrons. The minimum absolute atomic E-state index is 0.0246. The predicted octanol–water partition coefficient (Wildman–Crippen LogP) is 3.09. The highest BCUT2D eigenvalue weighted by atomic mass is 32.2. The number of sulfonamides is 1. The fourth-order valence-electron chi connectivity index (χ4n) is 3.58. The van der Waals surface area contributed by atoms with Gasteiger partial charge in [0.2, 0.25) is 5.91 Å². The summed E-state index contributed by atoms with van der Waals surface area (Å²) in [4.78, 5) is 28.1. The van der Waals surface area contributed by atoms with Crippen LogP contribution in [0.4, 0.5) is 11.4 Å². The van der Waals surface area contributed by atoms with E-state index in [1.165, 1.54) is 6.07 Å². The molecule has 150 valence electrons. The summed E-state index contributed by atoms with van der Waals surface area (Å²) >= 11 is 0. The summed E-state index contributed by atoms with van der Waals surface area (Å²) in [5.41, 5.74) is 1.26. The minimum atomic E-state index is -4.01. The molecule has 0 spiro atoms. The summed E-state index contributed by atoms with van der Waals surface area (Å²) in [5.74, 6) is -2.02. The van der Waals surface area contributed by atoms with Crippen LogP contribution in [0.15, 0.2) is 57.8 Å². The highest BCUT2D eigenvalue weighted by Crippen LogP contribution is 2.35. The van der Waals surface area contributed by atoms with E-state index in [4.69, 9.17) is 0 Å². The summed E-state index contributed by atoms with van der Waals surface area (Å²) in [7, 11) is -4.01. The lowest BCUT2D eigenvalue weighted by Gasteiger charge is -2.34. The molecule has 4 rings (SSSR count).